The van der Waals surface area contributed by atoms with E-state index in [9.17, 15) is 4.79 Å². The first-order valence-corrected chi connectivity index (χ1v) is 8.00. The van der Waals surface area contributed by atoms with Gasteiger partial charge in [-0.25, -0.2) is 0 Å². The van der Waals surface area contributed by atoms with Gasteiger partial charge in [-0.3, -0.25) is 4.79 Å². The van der Waals surface area contributed by atoms with Crippen molar-refractivity contribution in [3.63, 3.8) is 0 Å². The molecule has 1 heterocycles. The van der Waals surface area contributed by atoms with E-state index in [1.807, 2.05) is 18.2 Å². The van der Waals surface area contributed by atoms with Crippen molar-refractivity contribution in [3.8, 4) is 11.5 Å². The van der Waals surface area contributed by atoms with Crippen LogP contribution in [0.1, 0.15) is 28.4 Å². The minimum Gasteiger partial charge on any atom is -0.497 e. The second kappa shape index (κ2) is 5.81. The zero-order valence-corrected chi connectivity index (χ0v) is 14.4. The summed E-state index contributed by atoms with van der Waals surface area (Å²) in [6.07, 6.45) is 0.0643. The molecule has 0 radical (unpaired) electrons. The van der Waals surface area contributed by atoms with Gasteiger partial charge in [0, 0.05) is 15.0 Å². The number of carbonyl (C=O) groups excluding carboxylic acids is 1. The fourth-order valence-electron chi connectivity index (χ4n) is 2.33. The normalized spacial score (nSPS) is 17.1. The van der Waals surface area contributed by atoms with E-state index in [-0.39, 0.29) is 11.9 Å². The number of fused-ring (bicyclic) bond motifs is 1. The number of methoxy groups -OCH3 is 1. The van der Waals surface area contributed by atoms with Crippen molar-refractivity contribution in [1.82, 2.24) is 0 Å². The van der Waals surface area contributed by atoms with Crippen LogP contribution < -0.4 is 9.47 Å². The molecule has 2 aromatic carbocycles. The lowest BCUT2D eigenvalue weighted by Crippen LogP contribution is -2.20. The van der Waals surface area contributed by atoms with Gasteiger partial charge in [0.1, 0.15) is 17.6 Å². The standard InChI is InChI=1S/C16H12Br2O3/c1-20-10-3-4-11-14(19)8-15(21-16(11)7-10)9-2-5-12(17)13(18)6-9/h2-7,15H,8H2,1H3. The molecule has 0 fully saturated rings. The third-order valence-corrected chi connectivity index (χ3v) is 5.32. The maximum absolute atomic E-state index is 12.3. The minimum atomic E-state index is -0.276. The average molecular weight is 412 g/mol. The van der Waals surface area contributed by atoms with Crippen LogP contribution >= 0.6 is 31.9 Å². The molecule has 3 rings (SSSR count). The molecule has 0 spiro atoms. The Morgan fingerprint density at radius 2 is 1.95 bits per heavy atom. The Bertz CT molecular complexity index is 713. The maximum atomic E-state index is 12.3. The van der Waals surface area contributed by atoms with Gasteiger partial charge in [0.25, 0.3) is 0 Å². The molecule has 0 saturated carbocycles. The number of carbonyl (C=O) groups is 1. The van der Waals surface area contributed by atoms with E-state index in [0.717, 1.165) is 14.5 Å². The summed E-state index contributed by atoms with van der Waals surface area (Å²) in [5.74, 6) is 1.34. The molecule has 0 saturated heterocycles. The van der Waals surface area contributed by atoms with E-state index in [4.69, 9.17) is 9.47 Å². The van der Waals surface area contributed by atoms with Crippen molar-refractivity contribution in [2.24, 2.45) is 0 Å². The quantitative estimate of drug-likeness (QED) is 0.702. The van der Waals surface area contributed by atoms with Gasteiger partial charge in [-0.2, -0.15) is 0 Å². The predicted octanol–water partition coefficient (Wildman–Crippen LogP) is 4.93. The van der Waals surface area contributed by atoms with Gasteiger partial charge in [-0.1, -0.05) is 6.07 Å². The highest BCUT2D eigenvalue weighted by molar-refractivity contribution is 9.13. The van der Waals surface area contributed by atoms with E-state index in [2.05, 4.69) is 31.9 Å². The predicted molar refractivity (Wildman–Crippen MR) is 87.2 cm³/mol. The Hall–Kier alpha value is -1.33. The van der Waals surface area contributed by atoms with Crippen molar-refractivity contribution in [3.05, 3.63) is 56.5 Å². The van der Waals surface area contributed by atoms with Crippen LogP contribution in [0.15, 0.2) is 45.3 Å². The summed E-state index contributed by atoms with van der Waals surface area (Å²) in [7, 11) is 1.59. The molecule has 3 nitrogen and oxygen atoms in total. The van der Waals surface area contributed by atoms with Crippen molar-refractivity contribution in [1.29, 1.82) is 0 Å². The summed E-state index contributed by atoms with van der Waals surface area (Å²) in [6, 6.07) is 11.1. The molecule has 1 aliphatic rings. The average Bonchev–Trinajstić information content (AvgIpc) is 2.49. The summed E-state index contributed by atoms with van der Waals surface area (Å²) in [4.78, 5) is 12.3. The monoisotopic (exact) mass is 410 g/mol. The molecule has 108 valence electrons. The molecule has 2 aromatic rings. The summed E-state index contributed by atoms with van der Waals surface area (Å²) in [5, 5.41) is 0. The number of ether oxygens (including phenoxy) is 2. The fourth-order valence-corrected chi connectivity index (χ4v) is 2.97. The maximum Gasteiger partial charge on any atom is 0.170 e. The molecule has 21 heavy (non-hydrogen) atoms. The van der Waals surface area contributed by atoms with Crippen molar-refractivity contribution < 1.29 is 14.3 Å². The number of rotatable bonds is 2. The molecule has 1 aliphatic heterocycles. The summed E-state index contributed by atoms with van der Waals surface area (Å²) < 4.78 is 13.1. The molecule has 0 amide bonds. The number of ketones is 1. The highest BCUT2D eigenvalue weighted by atomic mass is 79.9. The molecule has 5 heteroatoms. The first-order chi connectivity index (χ1) is 10.1. The summed E-state index contributed by atoms with van der Waals surface area (Å²) in [6.45, 7) is 0. The Morgan fingerprint density at radius 1 is 1.14 bits per heavy atom. The highest BCUT2D eigenvalue weighted by Gasteiger charge is 2.28. The molecule has 1 unspecified atom stereocenters. The molecule has 0 aliphatic carbocycles. The van der Waals surface area contributed by atoms with Crippen LogP contribution in [0.25, 0.3) is 0 Å². The molecule has 0 aromatic heterocycles. The number of hydrogen-bond acceptors (Lipinski definition) is 3. The van der Waals surface area contributed by atoms with Crippen molar-refractivity contribution >= 4 is 37.6 Å². The van der Waals surface area contributed by atoms with Gasteiger partial charge in [-0.15, -0.1) is 0 Å². The zero-order valence-electron chi connectivity index (χ0n) is 11.2. The lowest BCUT2D eigenvalue weighted by atomic mass is 9.96. The molecule has 0 bridgehead atoms. The van der Waals surface area contributed by atoms with E-state index < -0.39 is 0 Å². The number of Topliss-reactive ketones (excluding diaryl/α,β-unsaturated/α-hetero) is 1. The van der Waals surface area contributed by atoms with Gasteiger partial charge >= 0.3 is 0 Å². The van der Waals surface area contributed by atoms with Gasteiger partial charge in [0.2, 0.25) is 0 Å². The number of halogens is 2. The van der Waals surface area contributed by atoms with Crippen LogP contribution in [0.3, 0.4) is 0 Å². The lowest BCUT2D eigenvalue weighted by molar-refractivity contribution is 0.0849. The van der Waals surface area contributed by atoms with E-state index >= 15 is 0 Å². The van der Waals surface area contributed by atoms with Crippen LogP contribution in [0.5, 0.6) is 11.5 Å². The summed E-state index contributed by atoms with van der Waals surface area (Å²) in [5.41, 5.74) is 1.58. The third-order valence-electron chi connectivity index (χ3n) is 3.44. The second-order valence-electron chi connectivity index (χ2n) is 4.77. The molecule has 1 atom stereocenters. The summed E-state index contributed by atoms with van der Waals surface area (Å²) >= 11 is 6.91. The minimum absolute atomic E-state index is 0.0861. The highest BCUT2D eigenvalue weighted by Crippen LogP contribution is 2.38. The zero-order chi connectivity index (χ0) is 15.0. The van der Waals surface area contributed by atoms with Gasteiger partial charge in [-0.05, 0) is 61.7 Å². The largest absolute Gasteiger partial charge is 0.497 e. The van der Waals surface area contributed by atoms with Crippen LogP contribution in [-0.4, -0.2) is 12.9 Å². The fraction of sp³-hybridized carbons (Fsp3) is 0.188. The molecule has 0 N–H and O–H groups in total. The number of benzene rings is 2. The lowest BCUT2D eigenvalue weighted by Gasteiger charge is -2.26. The SMILES string of the molecule is COc1ccc2c(c1)OC(c1ccc(Br)c(Br)c1)CC2=O. The Kier molecular flexibility index (Phi) is 4.04. The van der Waals surface area contributed by atoms with Crippen molar-refractivity contribution in [2.75, 3.05) is 7.11 Å². The van der Waals surface area contributed by atoms with Gasteiger partial charge < -0.3 is 9.47 Å². The van der Waals surface area contributed by atoms with Gasteiger partial charge in [0.15, 0.2) is 5.78 Å². The Labute approximate surface area is 139 Å². The topological polar surface area (TPSA) is 35.5 Å². The van der Waals surface area contributed by atoms with E-state index in [1.54, 1.807) is 25.3 Å². The smallest absolute Gasteiger partial charge is 0.170 e. The van der Waals surface area contributed by atoms with E-state index in [1.165, 1.54) is 0 Å². The molecular weight excluding hydrogens is 400 g/mol. The first kappa shape index (κ1) is 14.6. The number of hydrogen-bond donors (Lipinski definition) is 0. The van der Waals surface area contributed by atoms with Crippen LogP contribution in [-0.2, 0) is 0 Å². The van der Waals surface area contributed by atoms with Crippen LogP contribution in [0, 0.1) is 0 Å². The van der Waals surface area contributed by atoms with Gasteiger partial charge in [0.05, 0.1) is 19.1 Å². The Morgan fingerprint density at radius 3 is 2.67 bits per heavy atom. The van der Waals surface area contributed by atoms with E-state index in [0.29, 0.717) is 23.5 Å². The molecular formula is C16H12Br2O3. The third kappa shape index (κ3) is 2.85. The van der Waals surface area contributed by atoms with Crippen LogP contribution in [0.2, 0.25) is 0 Å². The first-order valence-electron chi connectivity index (χ1n) is 6.41. The van der Waals surface area contributed by atoms with Crippen LogP contribution in [0.4, 0.5) is 0 Å². The Balaban J connectivity index is 1.96. The van der Waals surface area contributed by atoms with Crippen molar-refractivity contribution in [2.45, 2.75) is 12.5 Å². The second-order valence-corrected chi connectivity index (χ2v) is 6.48.